The summed E-state index contributed by atoms with van der Waals surface area (Å²) in [6.45, 7) is 6.66. The van der Waals surface area contributed by atoms with E-state index < -0.39 is 0 Å². The Morgan fingerprint density at radius 1 is 1.24 bits per heavy atom. The number of fused-ring (bicyclic) bond motifs is 1. The van der Waals surface area contributed by atoms with Gasteiger partial charge in [-0.25, -0.2) is 0 Å². The highest BCUT2D eigenvalue weighted by Gasteiger charge is 2.27. The molecular formula is C18H29IN4O2. The summed E-state index contributed by atoms with van der Waals surface area (Å²) in [5.41, 5.74) is 0.946. The molecule has 6 nitrogen and oxygen atoms in total. The SMILES string of the molecule is CCN(CCNC(=NC)Nc1ccc2c(c1)OCCCO2)C1CC1.I. The van der Waals surface area contributed by atoms with Gasteiger partial charge in [0.15, 0.2) is 17.5 Å². The van der Waals surface area contributed by atoms with Crippen LogP contribution < -0.4 is 20.1 Å². The van der Waals surface area contributed by atoms with Crippen molar-refractivity contribution in [1.82, 2.24) is 10.2 Å². The number of hydrogen-bond donors (Lipinski definition) is 2. The molecule has 0 atom stereocenters. The average Bonchev–Trinajstić information content (AvgIpc) is 3.44. The van der Waals surface area contributed by atoms with Crippen LogP contribution in [0.2, 0.25) is 0 Å². The fourth-order valence-electron chi connectivity index (χ4n) is 2.91. The van der Waals surface area contributed by atoms with E-state index in [1.807, 2.05) is 18.2 Å². The molecule has 1 heterocycles. The van der Waals surface area contributed by atoms with Gasteiger partial charge in [-0.05, 0) is 31.5 Å². The van der Waals surface area contributed by atoms with Gasteiger partial charge in [0, 0.05) is 44.4 Å². The summed E-state index contributed by atoms with van der Waals surface area (Å²) >= 11 is 0. The van der Waals surface area contributed by atoms with Gasteiger partial charge < -0.3 is 20.1 Å². The standard InChI is InChI=1S/C18H28N4O2.HI/c1-3-22(15-6-7-15)10-9-20-18(19-2)21-14-5-8-16-17(13-14)24-12-4-11-23-16;/h5,8,13,15H,3-4,6-7,9-12H2,1-2H3,(H2,19,20,21);1H. The van der Waals surface area contributed by atoms with Crippen molar-refractivity contribution < 1.29 is 9.47 Å². The van der Waals surface area contributed by atoms with E-state index in [1.54, 1.807) is 7.05 Å². The first-order valence-electron chi connectivity index (χ1n) is 8.91. The zero-order chi connectivity index (χ0) is 16.8. The number of nitrogens with one attached hydrogen (secondary N) is 2. The Bertz CT molecular complexity index is 578. The zero-order valence-electron chi connectivity index (χ0n) is 15.1. The van der Waals surface area contributed by atoms with Crippen molar-refractivity contribution >= 4 is 35.6 Å². The van der Waals surface area contributed by atoms with Crippen molar-refractivity contribution in [1.29, 1.82) is 0 Å². The number of likely N-dealkylation sites (N-methyl/N-ethyl adjacent to an activating group) is 1. The minimum Gasteiger partial charge on any atom is -0.490 e. The lowest BCUT2D eigenvalue weighted by Crippen LogP contribution is -2.38. The Hall–Kier alpha value is -1.22. The molecule has 0 spiro atoms. The van der Waals surface area contributed by atoms with Crippen LogP contribution in [0.4, 0.5) is 5.69 Å². The number of nitrogens with zero attached hydrogens (tertiary/aromatic N) is 2. The van der Waals surface area contributed by atoms with Gasteiger partial charge >= 0.3 is 0 Å². The van der Waals surface area contributed by atoms with Crippen LogP contribution in [0.1, 0.15) is 26.2 Å². The van der Waals surface area contributed by atoms with Crippen LogP contribution in [-0.4, -0.2) is 56.8 Å². The molecule has 140 valence electrons. The molecule has 0 radical (unpaired) electrons. The van der Waals surface area contributed by atoms with Crippen molar-refractivity contribution in [3.63, 3.8) is 0 Å². The van der Waals surface area contributed by atoms with Crippen LogP contribution in [-0.2, 0) is 0 Å². The topological polar surface area (TPSA) is 58.1 Å². The summed E-state index contributed by atoms with van der Waals surface area (Å²) in [6.07, 6.45) is 3.60. The maximum atomic E-state index is 5.73. The van der Waals surface area contributed by atoms with E-state index in [0.29, 0.717) is 13.2 Å². The molecule has 7 heteroatoms. The van der Waals surface area contributed by atoms with Gasteiger partial charge in [-0.15, -0.1) is 24.0 Å². The quantitative estimate of drug-likeness (QED) is 0.389. The molecule has 0 unspecified atom stereocenters. The first-order valence-corrected chi connectivity index (χ1v) is 8.91. The van der Waals surface area contributed by atoms with Crippen LogP contribution in [0, 0.1) is 0 Å². The van der Waals surface area contributed by atoms with Gasteiger partial charge in [0.05, 0.1) is 13.2 Å². The summed E-state index contributed by atoms with van der Waals surface area (Å²) in [6, 6.07) is 6.70. The van der Waals surface area contributed by atoms with Gasteiger partial charge in [0.25, 0.3) is 0 Å². The van der Waals surface area contributed by atoms with E-state index in [2.05, 4.69) is 27.4 Å². The highest BCUT2D eigenvalue weighted by molar-refractivity contribution is 14.0. The van der Waals surface area contributed by atoms with Crippen molar-refractivity contribution in [2.45, 2.75) is 32.2 Å². The second-order valence-electron chi connectivity index (χ2n) is 6.20. The molecule has 2 N–H and O–H groups in total. The number of anilines is 1. The third-order valence-corrected chi connectivity index (χ3v) is 4.39. The van der Waals surface area contributed by atoms with Crippen LogP contribution >= 0.6 is 24.0 Å². The van der Waals surface area contributed by atoms with Gasteiger partial charge in [0.1, 0.15) is 0 Å². The summed E-state index contributed by atoms with van der Waals surface area (Å²) in [5.74, 6) is 2.37. The molecule has 0 saturated heterocycles. The number of guanidine groups is 1. The first kappa shape index (κ1) is 20.1. The lowest BCUT2D eigenvalue weighted by Gasteiger charge is -2.21. The molecule has 1 aliphatic carbocycles. The molecule has 1 aromatic carbocycles. The molecular weight excluding hydrogens is 431 g/mol. The normalized spacial score (nSPS) is 16.8. The highest BCUT2D eigenvalue weighted by atomic mass is 127. The van der Waals surface area contributed by atoms with E-state index >= 15 is 0 Å². The molecule has 25 heavy (non-hydrogen) atoms. The third kappa shape index (κ3) is 5.91. The second-order valence-corrected chi connectivity index (χ2v) is 6.20. The van der Waals surface area contributed by atoms with E-state index in [1.165, 1.54) is 12.8 Å². The van der Waals surface area contributed by atoms with E-state index in [0.717, 1.165) is 55.2 Å². The molecule has 0 bridgehead atoms. The van der Waals surface area contributed by atoms with Crippen molar-refractivity contribution in [2.75, 3.05) is 45.2 Å². The molecule has 1 aromatic rings. The zero-order valence-corrected chi connectivity index (χ0v) is 17.4. The molecule has 1 saturated carbocycles. The Morgan fingerprint density at radius 2 is 2.00 bits per heavy atom. The summed E-state index contributed by atoms with van der Waals surface area (Å²) in [7, 11) is 1.79. The molecule has 1 aliphatic heterocycles. The Morgan fingerprint density at radius 3 is 2.68 bits per heavy atom. The lowest BCUT2D eigenvalue weighted by atomic mass is 10.3. The second kappa shape index (κ2) is 10.1. The number of aliphatic imine (C=N–C) groups is 1. The maximum Gasteiger partial charge on any atom is 0.195 e. The summed E-state index contributed by atoms with van der Waals surface area (Å²) < 4.78 is 11.4. The lowest BCUT2D eigenvalue weighted by molar-refractivity contribution is 0.282. The fourth-order valence-corrected chi connectivity index (χ4v) is 2.91. The molecule has 3 rings (SSSR count). The molecule has 2 aliphatic rings. The fraction of sp³-hybridized carbons (Fsp3) is 0.611. The largest absolute Gasteiger partial charge is 0.490 e. The summed E-state index contributed by atoms with van der Waals surface area (Å²) in [4.78, 5) is 6.82. The Balaban J connectivity index is 0.00000225. The van der Waals surface area contributed by atoms with Crippen molar-refractivity contribution in [3.05, 3.63) is 18.2 Å². The van der Waals surface area contributed by atoms with Crippen molar-refractivity contribution in [2.24, 2.45) is 4.99 Å². The van der Waals surface area contributed by atoms with Crippen LogP contribution in [0.25, 0.3) is 0 Å². The highest BCUT2D eigenvalue weighted by Crippen LogP contribution is 2.32. The number of hydrogen-bond acceptors (Lipinski definition) is 4. The number of benzene rings is 1. The Labute approximate surface area is 167 Å². The van der Waals surface area contributed by atoms with E-state index in [9.17, 15) is 0 Å². The first-order chi connectivity index (χ1) is 11.8. The van der Waals surface area contributed by atoms with Crippen molar-refractivity contribution in [3.8, 4) is 11.5 Å². The third-order valence-electron chi connectivity index (χ3n) is 4.39. The number of ether oxygens (including phenoxy) is 2. The van der Waals surface area contributed by atoms with Gasteiger partial charge in [-0.1, -0.05) is 6.92 Å². The predicted octanol–water partition coefficient (Wildman–Crippen LogP) is 2.94. The van der Waals surface area contributed by atoms with E-state index in [4.69, 9.17) is 9.47 Å². The number of halogens is 1. The monoisotopic (exact) mass is 460 g/mol. The van der Waals surface area contributed by atoms with Crippen LogP contribution in [0.15, 0.2) is 23.2 Å². The number of rotatable bonds is 6. The molecule has 0 amide bonds. The molecule has 0 aromatic heterocycles. The average molecular weight is 460 g/mol. The summed E-state index contributed by atoms with van der Waals surface area (Å²) in [5, 5.41) is 6.70. The van der Waals surface area contributed by atoms with Gasteiger partial charge in [-0.3, -0.25) is 9.89 Å². The molecule has 1 fully saturated rings. The van der Waals surface area contributed by atoms with Gasteiger partial charge in [-0.2, -0.15) is 0 Å². The smallest absolute Gasteiger partial charge is 0.195 e. The van der Waals surface area contributed by atoms with Crippen LogP contribution in [0.5, 0.6) is 11.5 Å². The van der Waals surface area contributed by atoms with Gasteiger partial charge in [0.2, 0.25) is 0 Å². The maximum absolute atomic E-state index is 5.73. The predicted molar refractivity (Wildman–Crippen MR) is 113 cm³/mol. The van der Waals surface area contributed by atoms with E-state index in [-0.39, 0.29) is 24.0 Å². The van der Waals surface area contributed by atoms with Crippen LogP contribution in [0.3, 0.4) is 0 Å². The Kier molecular flexibility index (Phi) is 8.08. The minimum atomic E-state index is 0. The minimum absolute atomic E-state index is 0.